The predicted molar refractivity (Wildman–Crippen MR) is 67.7 cm³/mol. The van der Waals surface area contributed by atoms with Crippen molar-refractivity contribution in [1.82, 2.24) is 0 Å². The Kier molecular flexibility index (Phi) is 6.21. The van der Waals surface area contributed by atoms with Gasteiger partial charge in [0.15, 0.2) is 11.5 Å². The number of ether oxygens (including phenoxy) is 2. The van der Waals surface area contributed by atoms with Gasteiger partial charge in [-0.1, -0.05) is 0 Å². The largest absolute Gasteiger partial charge is 0.493 e. The highest BCUT2D eigenvalue weighted by molar-refractivity contribution is 5.54. The third-order valence-electron chi connectivity index (χ3n) is 2.22. The molecule has 5 heteroatoms. The normalized spacial score (nSPS) is 10.1. The molecule has 0 radical (unpaired) electrons. The van der Waals surface area contributed by atoms with E-state index in [9.17, 15) is 0 Å². The van der Waals surface area contributed by atoms with Gasteiger partial charge < -0.3 is 25.6 Å². The van der Waals surface area contributed by atoms with Crippen LogP contribution in [0, 0.1) is 0 Å². The molecule has 1 aromatic carbocycles. The zero-order valence-electron chi connectivity index (χ0n) is 10.1. The fourth-order valence-electron chi connectivity index (χ4n) is 1.39. The third-order valence-corrected chi connectivity index (χ3v) is 2.22. The molecule has 0 aliphatic rings. The topological polar surface area (TPSA) is 76.7 Å². The molecule has 0 aliphatic heterocycles. The second kappa shape index (κ2) is 7.76. The van der Waals surface area contributed by atoms with Gasteiger partial charge in [0.25, 0.3) is 0 Å². The highest BCUT2D eigenvalue weighted by Gasteiger charge is 2.05. The van der Waals surface area contributed by atoms with Crippen molar-refractivity contribution in [2.75, 3.05) is 38.7 Å². The van der Waals surface area contributed by atoms with Crippen LogP contribution in [0.15, 0.2) is 18.2 Å². The van der Waals surface area contributed by atoms with E-state index in [-0.39, 0.29) is 13.2 Å². The Labute approximate surface area is 102 Å². The van der Waals surface area contributed by atoms with Crippen LogP contribution in [-0.2, 0) is 0 Å². The Morgan fingerprint density at radius 2 is 2.18 bits per heavy atom. The van der Waals surface area contributed by atoms with E-state index in [0.717, 1.165) is 18.7 Å². The van der Waals surface area contributed by atoms with E-state index in [4.69, 9.17) is 20.3 Å². The molecule has 0 spiro atoms. The van der Waals surface area contributed by atoms with E-state index in [1.807, 2.05) is 18.2 Å². The Hall–Kier alpha value is -1.46. The number of benzene rings is 1. The minimum atomic E-state index is -0.0199. The van der Waals surface area contributed by atoms with E-state index in [1.165, 1.54) is 0 Å². The molecule has 0 saturated carbocycles. The molecular formula is C12H20N2O3. The summed E-state index contributed by atoms with van der Waals surface area (Å²) in [6.45, 7) is 1.72. The molecule has 1 rings (SSSR count). The van der Waals surface area contributed by atoms with Crippen LogP contribution in [0.5, 0.6) is 11.5 Å². The fourth-order valence-corrected chi connectivity index (χ4v) is 1.39. The lowest BCUT2D eigenvalue weighted by Gasteiger charge is -2.12. The molecule has 0 saturated heterocycles. The van der Waals surface area contributed by atoms with Crippen molar-refractivity contribution in [2.45, 2.75) is 6.42 Å². The quantitative estimate of drug-likeness (QED) is 0.587. The SMILES string of the molecule is COc1ccc(NCCCN)cc1OCCO. The van der Waals surface area contributed by atoms with Gasteiger partial charge in [-0.15, -0.1) is 0 Å². The van der Waals surface area contributed by atoms with Crippen LogP contribution in [0.3, 0.4) is 0 Å². The highest BCUT2D eigenvalue weighted by Crippen LogP contribution is 2.30. The third kappa shape index (κ3) is 4.50. The summed E-state index contributed by atoms with van der Waals surface area (Å²) in [5.74, 6) is 1.28. The maximum absolute atomic E-state index is 8.74. The van der Waals surface area contributed by atoms with Crippen LogP contribution in [0.25, 0.3) is 0 Å². The Balaban J connectivity index is 2.66. The molecule has 0 aromatic heterocycles. The number of nitrogens with one attached hydrogen (secondary N) is 1. The van der Waals surface area contributed by atoms with Crippen LogP contribution in [0.2, 0.25) is 0 Å². The highest BCUT2D eigenvalue weighted by atomic mass is 16.5. The first kappa shape index (κ1) is 13.6. The Bertz CT molecular complexity index is 332. The van der Waals surface area contributed by atoms with E-state index in [1.54, 1.807) is 7.11 Å². The molecule has 5 nitrogen and oxygen atoms in total. The number of methoxy groups -OCH3 is 1. The smallest absolute Gasteiger partial charge is 0.163 e. The van der Waals surface area contributed by atoms with Gasteiger partial charge in [-0.25, -0.2) is 0 Å². The summed E-state index contributed by atoms with van der Waals surface area (Å²) >= 11 is 0. The Morgan fingerprint density at radius 3 is 2.82 bits per heavy atom. The van der Waals surface area contributed by atoms with E-state index >= 15 is 0 Å². The lowest BCUT2D eigenvalue weighted by Crippen LogP contribution is -2.09. The van der Waals surface area contributed by atoms with Crippen molar-refractivity contribution < 1.29 is 14.6 Å². The van der Waals surface area contributed by atoms with Gasteiger partial charge >= 0.3 is 0 Å². The molecule has 4 N–H and O–H groups in total. The van der Waals surface area contributed by atoms with E-state index in [0.29, 0.717) is 18.0 Å². The van der Waals surface area contributed by atoms with Crippen LogP contribution in [0.4, 0.5) is 5.69 Å². The summed E-state index contributed by atoms with van der Waals surface area (Å²) in [5.41, 5.74) is 6.37. The van der Waals surface area contributed by atoms with Crippen molar-refractivity contribution in [1.29, 1.82) is 0 Å². The van der Waals surface area contributed by atoms with Crippen molar-refractivity contribution in [3.8, 4) is 11.5 Å². The van der Waals surface area contributed by atoms with Gasteiger partial charge in [-0.05, 0) is 25.1 Å². The van der Waals surface area contributed by atoms with Gasteiger partial charge in [-0.3, -0.25) is 0 Å². The van der Waals surface area contributed by atoms with Gasteiger partial charge in [0.2, 0.25) is 0 Å². The first-order valence-electron chi connectivity index (χ1n) is 5.67. The maximum Gasteiger partial charge on any atom is 0.163 e. The molecular weight excluding hydrogens is 220 g/mol. The molecule has 0 unspecified atom stereocenters. The van der Waals surface area contributed by atoms with Gasteiger partial charge in [0, 0.05) is 18.3 Å². The predicted octanol–water partition coefficient (Wildman–Crippen LogP) is 0.827. The minimum Gasteiger partial charge on any atom is -0.493 e. The average Bonchev–Trinajstić information content (AvgIpc) is 2.37. The summed E-state index contributed by atoms with van der Waals surface area (Å²) in [6, 6.07) is 5.60. The van der Waals surface area contributed by atoms with E-state index in [2.05, 4.69) is 5.32 Å². The molecule has 0 atom stereocenters. The minimum absolute atomic E-state index is 0.0199. The molecule has 0 bridgehead atoms. The first-order chi connectivity index (χ1) is 8.31. The van der Waals surface area contributed by atoms with Gasteiger partial charge in [-0.2, -0.15) is 0 Å². The number of aliphatic hydroxyl groups is 1. The lowest BCUT2D eigenvalue weighted by molar-refractivity contribution is 0.196. The van der Waals surface area contributed by atoms with Crippen LogP contribution >= 0.6 is 0 Å². The number of hydrogen-bond donors (Lipinski definition) is 3. The monoisotopic (exact) mass is 240 g/mol. The molecule has 0 fully saturated rings. The van der Waals surface area contributed by atoms with Gasteiger partial charge in [0.05, 0.1) is 13.7 Å². The van der Waals surface area contributed by atoms with Crippen molar-refractivity contribution in [2.24, 2.45) is 5.73 Å². The molecule has 1 aromatic rings. The summed E-state index contributed by atoms with van der Waals surface area (Å²) in [7, 11) is 1.59. The summed E-state index contributed by atoms with van der Waals surface area (Å²) in [4.78, 5) is 0. The number of rotatable bonds is 8. The number of anilines is 1. The number of aliphatic hydroxyl groups excluding tert-OH is 1. The standard InChI is InChI=1S/C12H20N2O3/c1-16-11-4-3-10(14-6-2-5-13)9-12(11)17-8-7-15/h3-4,9,14-15H,2,5-8,13H2,1H3. The number of nitrogens with two attached hydrogens (primary N) is 1. The van der Waals surface area contributed by atoms with Crippen molar-refractivity contribution >= 4 is 5.69 Å². The van der Waals surface area contributed by atoms with Crippen LogP contribution in [-0.4, -0.2) is 38.5 Å². The average molecular weight is 240 g/mol. The van der Waals surface area contributed by atoms with Crippen molar-refractivity contribution in [3.63, 3.8) is 0 Å². The zero-order chi connectivity index (χ0) is 12.5. The molecule has 0 amide bonds. The van der Waals surface area contributed by atoms with E-state index < -0.39 is 0 Å². The second-order valence-corrected chi connectivity index (χ2v) is 3.51. The molecule has 0 aliphatic carbocycles. The van der Waals surface area contributed by atoms with Crippen molar-refractivity contribution in [3.05, 3.63) is 18.2 Å². The molecule has 96 valence electrons. The lowest BCUT2D eigenvalue weighted by atomic mass is 10.2. The molecule has 17 heavy (non-hydrogen) atoms. The summed E-state index contributed by atoms with van der Waals surface area (Å²) < 4.78 is 10.6. The molecule has 0 heterocycles. The summed E-state index contributed by atoms with van der Waals surface area (Å²) in [5, 5.41) is 12.0. The zero-order valence-corrected chi connectivity index (χ0v) is 10.1. The first-order valence-corrected chi connectivity index (χ1v) is 5.67. The Morgan fingerprint density at radius 1 is 1.35 bits per heavy atom. The maximum atomic E-state index is 8.74. The number of hydrogen-bond acceptors (Lipinski definition) is 5. The van der Waals surface area contributed by atoms with Crippen LogP contribution in [0.1, 0.15) is 6.42 Å². The fraction of sp³-hybridized carbons (Fsp3) is 0.500. The van der Waals surface area contributed by atoms with Crippen LogP contribution < -0.4 is 20.5 Å². The second-order valence-electron chi connectivity index (χ2n) is 3.51. The summed E-state index contributed by atoms with van der Waals surface area (Å²) in [6.07, 6.45) is 0.916. The van der Waals surface area contributed by atoms with Gasteiger partial charge in [0.1, 0.15) is 6.61 Å².